The monoisotopic (exact) mass is 278 g/mol. The first-order valence-corrected chi connectivity index (χ1v) is 6.10. The van der Waals surface area contributed by atoms with Crippen molar-refractivity contribution in [2.24, 2.45) is 0 Å². The number of rotatable bonds is 2. The van der Waals surface area contributed by atoms with E-state index in [0.717, 1.165) is 16.0 Å². The minimum absolute atomic E-state index is 0.544. The molecule has 1 heterocycles. The van der Waals surface area contributed by atoms with E-state index in [0.29, 0.717) is 5.92 Å². The molecule has 0 saturated heterocycles. The van der Waals surface area contributed by atoms with Crippen LogP contribution in [0.3, 0.4) is 0 Å². The quantitative estimate of drug-likeness (QED) is 0.848. The minimum Gasteiger partial charge on any atom is -0.196 e. The second-order valence-electron chi connectivity index (χ2n) is 4.13. The van der Waals surface area contributed by atoms with E-state index in [4.69, 9.17) is 0 Å². The Balaban J connectivity index is 2.14. The third kappa shape index (κ3) is 1.55. The van der Waals surface area contributed by atoms with Crippen molar-refractivity contribution < 1.29 is 0 Å². The first-order chi connectivity index (χ1) is 7.77. The average Bonchev–Trinajstić information content (AvgIpc) is 3.01. The molecule has 0 radical (unpaired) electrons. The summed E-state index contributed by atoms with van der Waals surface area (Å²) < 4.78 is 2.90. The predicted octanol–water partition coefficient (Wildman–Crippen LogP) is 2.61. The summed E-state index contributed by atoms with van der Waals surface area (Å²) in [6, 6.07) is 6.11. The van der Waals surface area contributed by atoms with Crippen LogP contribution in [0.15, 0.2) is 22.7 Å². The highest BCUT2D eigenvalue weighted by molar-refractivity contribution is 9.10. The number of hydrogen-bond donors (Lipinski definition) is 0. The maximum Gasteiger partial charge on any atom is 0.159 e. The van der Waals surface area contributed by atoms with Gasteiger partial charge in [-0.05, 0) is 57.8 Å². The van der Waals surface area contributed by atoms with Gasteiger partial charge in [-0.25, -0.2) is 0 Å². The Morgan fingerprint density at radius 2 is 2.19 bits per heavy atom. The Hall–Kier alpha value is -1.23. The maximum atomic E-state index is 4.11. The molecular weight excluding hydrogens is 268 g/mol. The number of hydrogen-bond acceptors (Lipinski definition) is 3. The number of aromatic nitrogens is 4. The van der Waals surface area contributed by atoms with Crippen LogP contribution in [0.2, 0.25) is 0 Å². The summed E-state index contributed by atoms with van der Waals surface area (Å²) in [6.07, 6.45) is 2.40. The van der Waals surface area contributed by atoms with Gasteiger partial charge in [0.05, 0.1) is 5.69 Å². The van der Waals surface area contributed by atoms with Crippen LogP contribution in [-0.4, -0.2) is 20.2 Å². The molecule has 1 aromatic heterocycles. The summed E-state index contributed by atoms with van der Waals surface area (Å²) in [4.78, 5) is 0. The van der Waals surface area contributed by atoms with E-state index in [-0.39, 0.29) is 0 Å². The van der Waals surface area contributed by atoms with Gasteiger partial charge in [0.1, 0.15) is 0 Å². The predicted molar refractivity (Wildman–Crippen MR) is 63.6 cm³/mol. The second kappa shape index (κ2) is 3.66. The zero-order valence-electron chi connectivity index (χ0n) is 8.89. The molecule has 0 atom stereocenters. The Morgan fingerprint density at radius 1 is 1.38 bits per heavy atom. The smallest absolute Gasteiger partial charge is 0.159 e. The molecule has 1 fully saturated rings. The van der Waals surface area contributed by atoms with Gasteiger partial charge in [-0.2, -0.15) is 4.68 Å². The fraction of sp³-hybridized carbons (Fsp3) is 0.364. The third-order valence-corrected chi connectivity index (χ3v) is 3.87. The average molecular weight is 279 g/mol. The molecule has 1 saturated carbocycles. The van der Waals surface area contributed by atoms with Gasteiger partial charge in [-0.15, -0.1) is 5.10 Å². The number of tetrazole rings is 1. The molecule has 0 spiro atoms. The van der Waals surface area contributed by atoms with Crippen LogP contribution in [0.1, 0.15) is 30.1 Å². The summed E-state index contributed by atoms with van der Waals surface area (Å²) >= 11 is 3.59. The largest absolute Gasteiger partial charge is 0.196 e. The van der Waals surface area contributed by atoms with Crippen molar-refractivity contribution in [2.75, 3.05) is 0 Å². The lowest BCUT2D eigenvalue weighted by molar-refractivity contribution is 0.760. The van der Waals surface area contributed by atoms with Gasteiger partial charge in [0, 0.05) is 10.4 Å². The number of halogens is 1. The van der Waals surface area contributed by atoms with Crippen molar-refractivity contribution in [1.82, 2.24) is 20.2 Å². The first-order valence-electron chi connectivity index (χ1n) is 5.31. The Morgan fingerprint density at radius 3 is 2.94 bits per heavy atom. The van der Waals surface area contributed by atoms with E-state index in [1.165, 1.54) is 18.4 Å². The Bertz CT molecular complexity index is 531. The van der Waals surface area contributed by atoms with Crippen molar-refractivity contribution in [3.63, 3.8) is 0 Å². The SMILES string of the molecule is Cc1cccc(-n2nnnc2C2CC2)c1Br. The fourth-order valence-electron chi connectivity index (χ4n) is 1.76. The molecule has 1 aliphatic rings. The topological polar surface area (TPSA) is 43.6 Å². The zero-order valence-corrected chi connectivity index (χ0v) is 10.5. The van der Waals surface area contributed by atoms with Gasteiger partial charge in [0.2, 0.25) is 0 Å². The molecule has 3 rings (SSSR count). The fourth-order valence-corrected chi connectivity index (χ4v) is 2.19. The van der Waals surface area contributed by atoms with Crippen molar-refractivity contribution >= 4 is 15.9 Å². The van der Waals surface area contributed by atoms with Gasteiger partial charge < -0.3 is 0 Å². The normalized spacial score (nSPS) is 15.4. The van der Waals surface area contributed by atoms with Gasteiger partial charge >= 0.3 is 0 Å². The number of aryl methyl sites for hydroxylation is 1. The first kappa shape index (κ1) is 9.96. The Labute approximate surface area is 102 Å². The molecule has 2 aromatic rings. The minimum atomic E-state index is 0.544. The lowest BCUT2D eigenvalue weighted by Crippen LogP contribution is -2.03. The highest BCUT2D eigenvalue weighted by Crippen LogP contribution is 2.39. The summed E-state index contributed by atoms with van der Waals surface area (Å²) in [6.45, 7) is 2.06. The highest BCUT2D eigenvalue weighted by atomic mass is 79.9. The molecule has 0 unspecified atom stereocenters. The van der Waals surface area contributed by atoms with Gasteiger partial charge in [0.25, 0.3) is 0 Å². The molecule has 0 bridgehead atoms. The van der Waals surface area contributed by atoms with Crippen LogP contribution < -0.4 is 0 Å². The molecule has 16 heavy (non-hydrogen) atoms. The number of benzene rings is 1. The van der Waals surface area contributed by atoms with Crippen molar-refractivity contribution in [3.05, 3.63) is 34.1 Å². The molecule has 1 aromatic carbocycles. The molecule has 0 N–H and O–H groups in total. The van der Waals surface area contributed by atoms with Crippen molar-refractivity contribution in [2.45, 2.75) is 25.7 Å². The van der Waals surface area contributed by atoms with E-state index >= 15 is 0 Å². The zero-order chi connectivity index (χ0) is 11.1. The summed E-state index contributed by atoms with van der Waals surface area (Å²) in [7, 11) is 0. The van der Waals surface area contributed by atoms with Crippen LogP contribution in [0, 0.1) is 6.92 Å². The second-order valence-corrected chi connectivity index (χ2v) is 4.92. The van der Waals surface area contributed by atoms with Crippen LogP contribution in [0.25, 0.3) is 5.69 Å². The van der Waals surface area contributed by atoms with Gasteiger partial charge in [0.15, 0.2) is 5.82 Å². The van der Waals surface area contributed by atoms with Gasteiger partial charge in [-0.1, -0.05) is 12.1 Å². The van der Waals surface area contributed by atoms with Gasteiger partial charge in [-0.3, -0.25) is 0 Å². The van der Waals surface area contributed by atoms with Crippen LogP contribution >= 0.6 is 15.9 Å². The Kier molecular flexibility index (Phi) is 2.28. The van der Waals surface area contributed by atoms with E-state index in [9.17, 15) is 0 Å². The molecule has 5 heteroatoms. The molecule has 0 aliphatic heterocycles. The lowest BCUT2D eigenvalue weighted by Gasteiger charge is -2.07. The van der Waals surface area contributed by atoms with E-state index < -0.39 is 0 Å². The molecule has 1 aliphatic carbocycles. The maximum absolute atomic E-state index is 4.11. The summed E-state index contributed by atoms with van der Waals surface area (Å²) in [5.74, 6) is 1.52. The van der Waals surface area contributed by atoms with Crippen molar-refractivity contribution in [1.29, 1.82) is 0 Å². The molecule has 82 valence electrons. The lowest BCUT2D eigenvalue weighted by atomic mass is 10.2. The molecule has 4 nitrogen and oxygen atoms in total. The third-order valence-electron chi connectivity index (χ3n) is 2.84. The van der Waals surface area contributed by atoms with Crippen molar-refractivity contribution in [3.8, 4) is 5.69 Å². The van der Waals surface area contributed by atoms with E-state index in [1.54, 1.807) is 0 Å². The van der Waals surface area contributed by atoms with Crippen LogP contribution in [0.5, 0.6) is 0 Å². The van der Waals surface area contributed by atoms with Crippen LogP contribution in [-0.2, 0) is 0 Å². The van der Waals surface area contributed by atoms with E-state index in [1.807, 2.05) is 16.8 Å². The van der Waals surface area contributed by atoms with Crippen LogP contribution in [0.4, 0.5) is 0 Å². The number of nitrogens with zero attached hydrogens (tertiary/aromatic N) is 4. The standard InChI is InChI=1S/C11H11BrN4/c1-7-3-2-4-9(10(7)12)16-11(8-5-6-8)13-14-15-16/h2-4,8H,5-6H2,1H3. The molecular formula is C11H11BrN4. The molecule has 0 amide bonds. The van der Waals surface area contributed by atoms with E-state index in [2.05, 4.69) is 44.4 Å². The highest BCUT2D eigenvalue weighted by Gasteiger charge is 2.30. The summed E-state index contributed by atoms with van der Waals surface area (Å²) in [5.41, 5.74) is 2.21. The summed E-state index contributed by atoms with van der Waals surface area (Å²) in [5, 5.41) is 12.0.